The van der Waals surface area contributed by atoms with Crippen LogP contribution in [0.15, 0.2) is 40.9 Å². The number of carbonyl (C=O) groups excluding carboxylic acids is 1. The van der Waals surface area contributed by atoms with Crippen LogP contribution in [0, 0.1) is 19.7 Å². The van der Waals surface area contributed by atoms with Crippen molar-refractivity contribution >= 4 is 11.6 Å². The minimum absolute atomic E-state index is 0.0607. The summed E-state index contributed by atoms with van der Waals surface area (Å²) in [7, 11) is 0. The van der Waals surface area contributed by atoms with Crippen molar-refractivity contribution in [2.45, 2.75) is 33.7 Å². The Morgan fingerprint density at radius 2 is 2.11 bits per heavy atom. The van der Waals surface area contributed by atoms with E-state index in [1.54, 1.807) is 13.8 Å². The fourth-order valence-electron chi connectivity index (χ4n) is 3.13. The lowest BCUT2D eigenvalue weighted by molar-refractivity contribution is 0.102. The molecule has 0 aliphatic carbocycles. The summed E-state index contributed by atoms with van der Waals surface area (Å²) in [4.78, 5) is 12.5. The van der Waals surface area contributed by atoms with E-state index >= 15 is 0 Å². The number of rotatable bonds is 5. The molecule has 6 nitrogen and oxygen atoms in total. The Morgan fingerprint density at radius 1 is 1.25 bits per heavy atom. The summed E-state index contributed by atoms with van der Waals surface area (Å²) in [5.74, 6) is -0.309. The molecule has 1 aromatic heterocycles. The third-order valence-corrected chi connectivity index (χ3v) is 4.77. The van der Waals surface area contributed by atoms with E-state index in [1.165, 1.54) is 12.1 Å². The van der Waals surface area contributed by atoms with E-state index in [0.717, 1.165) is 22.8 Å². The molecule has 0 unspecified atom stereocenters. The number of ether oxygens (including phenoxy) is 2. The number of carbonyl (C=O) groups is 1. The zero-order valence-electron chi connectivity index (χ0n) is 15.5. The molecule has 144 valence electrons. The van der Waals surface area contributed by atoms with Gasteiger partial charge in [-0.25, -0.2) is 4.39 Å². The molecule has 0 spiro atoms. The Bertz CT molecular complexity index is 1030. The van der Waals surface area contributed by atoms with E-state index in [2.05, 4.69) is 10.5 Å². The van der Waals surface area contributed by atoms with Crippen molar-refractivity contribution in [3.05, 3.63) is 75.9 Å². The first-order valence-corrected chi connectivity index (χ1v) is 8.87. The monoisotopic (exact) mass is 382 g/mol. The fourth-order valence-corrected chi connectivity index (χ4v) is 3.13. The fraction of sp³-hybridized carbons (Fsp3) is 0.238. The SMILES string of the molecule is Cc1noc(C)c1COc1ccc(C(=O)Nc2cccc3c2COC3)cc1F. The summed E-state index contributed by atoms with van der Waals surface area (Å²) in [5, 5.41) is 6.67. The number of aryl methyl sites for hydroxylation is 2. The molecule has 0 radical (unpaired) electrons. The second-order valence-corrected chi connectivity index (χ2v) is 6.63. The van der Waals surface area contributed by atoms with Crippen LogP contribution < -0.4 is 10.1 Å². The molecular formula is C21H19FN2O4. The molecule has 0 saturated heterocycles. The topological polar surface area (TPSA) is 73.6 Å². The zero-order valence-corrected chi connectivity index (χ0v) is 15.5. The van der Waals surface area contributed by atoms with Gasteiger partial charge in [-0.15, -0.1) is 0 Å². The Morgan fingerprint density at radius 3 is 2.86 bits per heavy atom. The van der Waals surface area contributed by atoms with E-state index in [4.69, 9.17) is 14.0 Å². The maximum absolute atomic E-state index is 14.4. The summed E-state index contributed by atoms with van der Waals surface area (Å²) in [6, 6.07) is 9.76. The summed E-state index contributed by atoms with van der Waals surface area (Å²) >= 11 is 0. The number of aromatic nitrogens is 1. The van der Waals surface area contributed by atoms with E-state index in [-0.39, 0.29) is 17.9 Å². The maximum Gasteiger partial charge on any atom is 0.255 e. The number of nitrogens with zero attached hydrogens (tertiary/aromatic N) is 1. The predicted molar refractivity (Wildman–Crippen MR) is 99.6 cm³/mol. The van der Waals surface area contributed by atoms with Crippen molar-refractivity contribution < 1.29 is 23.2 Å². The number of halogens is 1. The molecule has 0 saturated carbocycles. The Balaban J connectivity index is 1.47. The number of anilines is 1. The molecule has 3 aromatic rings. The molecular weight excluding hydrogens is 363 g/mol. The highest BCUT2D eigenvalue weighted by atomic mass is 19.1. The molecule has 7 heteroatoms. The van der Waals surface area contributed by atoms with Crippen molar-refractivity contribution in [3.8, 4) is 5.75 Å². The lowest BCUT2D eigenvalue weighted by atomic mass is 10.1. The van der Waals surface area contributed by atoms with Crippen LogP contribution in [0.25, 0.3) is 0 Å². The van der Waals surface area contributed by atoms with Crippen LogP contribution in [-0.2, 0) is 24.6 Å². The summed E-state index contributed by atoms with van der Waals surface area (Å²) in [5.41, 5.74) is 4.37. The largest absolute Gasteiger partial charge is 0.486 e. The number of hydrogen-bond acceptors (Lipinski definition) is 5. The van der Waals surface area contributed by atoms with Crippen LogP contribution in [0.1, 0.15) is 38.5 Å². The third-order valence-electron chi connectivity index (χ3n) is 4.77. The van der Waals surface area contributed by atoms with Crippen LogP contribution in [0.5, 0.6) is 5.75 Å². The molecule has 1 aliphatic rings. The van der Waals surface area contributed by atoms with Gasteiger partial charge in [0, 0.05) is 16.8 Å². The summed E-state index contributed by atoms with van der Waals surface area (Å²) < 4.78 is 30.4. The average molecular weight is 382 g/mol. The number of nitrogens with one attached hydrogen (secondary N) is 1. The molecule has 0 atom stereocenters. The van der Waals surface area contributed by atoms with Gasteiger partial charge in [-0.05, 0) is 43.7 Å². The van der Waals surface area contributed by atoms with Crippen LogP contribution >= 0.6 is 0 Å². The number of fused-ring (bicyclic) bond motifs is 1. The van der Waals surface area contributed by atoms with Crippen molar-refractivity contribution in [1.29, 1.82) is 0 Å². The minimum atomic E-state index is -0.610. The van der Waals surface area contributed by atoms with Gasteiger partial charge >= 0.3 is 0 Å². The van der Waals surface area contributed by atoms with Gasteiger partial charge in [0.05, 0.1) is 24.5 Å². The molecule has 2 aromatic carbocycles. The average Bonchev–Trinajstić information content (AvgIpc) is 3.28. The van der Waals surface area contributed by atoms with Crippen LogP contribution in [0.2, 0.25) is 0 Å². The van der Waals surface area contributed by atoms with Crippen molar-refractivity contribution in [2.24, 2.45) is 0 Å². The van der Waals surface area contributed by atoms with Crippen LogP contribution in [-0.4, -0.2) is 11.1 Å². The number of hydrogen-bond donors (Lipinski definition) is 1. The molecule has 2 heterocycles. The molecule has 1 N–H and O–H groups in total. The Labute approximate surface area is 161 Å². The second kappa shape index (κ2) is 7.44. The maximum atomic E-state index is 14.4. The lowest BCUT2D eigenvalue weighted by Gasteiger charge is -2.11. The van der Waals surface area contributed by atoms with E-state index in [9.17, 15) is 9.18 Å². The van der Waals surface area contributed by atoms with Gasteiger partial charge in [-0.2, -0.15) is 0 Å². The van der Waals surface area contributed by atoms with Gasteiger partial charge in [0.1, 0.15) is 12.4 Å². The highest BCUT2D eigenvalue weighted by molar-refractivity contribution is 6.04. The van der Waals surface area contributed by atoms with Gasteiger partial charge in [-0.3, -0.25) is 4.79 Å². The molecule has 1 amide bonds. The molecule has 0 fully saturated rings. The Hall–Kier alpha value is -3.19. The van der Waals surface area contributed by atoms with Gasteiger partial charge in [0.15, 0.2) is 11.6 Å². The molecule has 1 aliphatic heterocycles. The molecule has 4 rings (SSSR count). The lowest BCUT2D eigenvalue weighted by Crippen LogP contribution is -2.13. The number of benzene rings is 2. The number of amides is 1. The zero-order chi connectivity index (χ0) is 19.7. The van der Waals surface area contributed by atoms with Gasteiger partial charge < -0.3 is 19.3 Å². The van der Waals surface area contributed by atoms with Gasteiger partial charge in [-0.1, -0.05) is 17.3 Å². The molecule has 0 bridgehead atoms. The highest BCUT2D eigenvalue weighted by Gasteiger charge is 2.18. The first-order chi connectivity index (χ1) is 13.5. The van der Waals surface area contributed by atoms with Crippen LogP contribution in [0.3, 0.4) is 0 Å². The minimum Gasteiger partial charge on any atom is -0.486 e. The first kappa shape index (κ1) is 18.2. The first-order valence-electron chi connectivity index (χ1n) is 8.87. The van der Waals surface area contributed by atoms with E-state index in [1.807, 2.05) is 18.2 Å². The van der Waals surface area contributed by atoms with Crippen molar-refractivity contribution in [1.82, 2.24) is 5.16 Å². The molecule has 28 heavy (non-hydrogen) atoms. The van der Waals surface area contributed by atoms with Gasteiger partial charge in [0.2, 0.25) is 0 Å². The summed E-state index contributed by atoms with van der Waals surface area (Å²) in [6.07, 6.45) is 0. The predicted octanol–water partition coefficient (Wildman–Crippen LogP) is 4.29. The highest BCUT2D eigenvalue weighted by Crippen LogP contribution is 2.28. The van der Waals surface area contributed by atoms with E-state index < -0.39 is 11.7 Å². The second-order valence-electron chi connectivity index (χ2n) is 6.63. The van der Waals surface area contributed by atoms with Gasteiger partial charge in [0.25, 0.3) is 5.91 Å². The van der Waals surface area contributed by atoms with E-state index in [0.29, 0.717) is 30.4 Å². The third kappa shape index (κ3) is 3.48. The Kier molecular flexibility index (Phi) is 4.83. The summed E-state index contributed by atoms with van der Waals surface area (Å²) in [6.45, 7) is 4.69. The van der Waals surface area contributed by atoms with Crippen molar-refractivity contribution in [2.75, 3.05) is 5.32 Å². The normalized spacial score (nSPS) is 12.7. The van der Waals surface area contributed by atoms with Crippen molar-refractivity contribution in [3.63, 3.8) is 0 Å². The quantitative estimate of drug-likeness (QED) is 0.713. The smallest absolute Gasteiger partial charge is 0.255 e. The standard InChI is InChI=1S/C21H19FN2O4/c1-12-16(13(2)28-24-12)11-27-20-7-6-14(8-18(20)22)21(25)23-19-5-3-4-15-9-26-10-17(15)19/h3-8H,9-11H2,1-2H3,(H,23,25). The van der Waals surface area contributed by atoms with Crippen LogP contribution in [0.4, 0.5) is 10.1 Å².